The van der Waals surface area contributed by atoms with Gasteiger partial charge in [-0.15, -0.1) is 0 Å². The minimum Gasteiger partial charge on any atom is -0.464 e. The maximum atomic E-state index is 5.49. The minimum atomic E-state index is 0.785. The summed E-state index contributed by atoms with van der Waals surface area (Å²) in [6.45, 7) is 2.92. The van der Waals surface area contributed by atoms with Gasteiger partial charge in [0.25, 0.3) is 0 Å². The predicted molar refractivity (Wildman–Crippen MR) is 62.9 cm³/mol. The zero-order valence-electron chi connectivity index (χ0n) is 9.12. The summed E-state index contributed by atoms with van der Waals surface area (Å²) in [5.41, 5.74) is 9.20. The Morgan fingerprint density at radius 3 is 2.93 bits per heavy atom. The first-order valence-electron chi connectivity index (χ1n) is 5.48. The fourth-order valence-corrected chi connectivity index (χ4v) is 1.89. The summed E-state index contributed by atoms with van der Waals surface area (Å²) < 4.78 is 5.36. The monoisotopic (exact) mass is 203 g/mol. The molecule has 80 valence electrons. The van der Waals surface area contributed by atoms with Crippen molar-refractivity contribution in [3.63, 3.8) is 0 Å². The summed E-state index contributed by atoms with van der Waals surface area (Å²) in [5.74, 6) is 0. The summed E-state index contributed by atoms with van der Waals surface area (Å²) in [4.78, 5) is 0. The van der Waals surface area contributed by atoms with Crippen molar-refractivity contribution in [2.75, 3.05) is 6.54 Å². The highest BCUT2D eigenvalue weighted by atomic mass is 16.3. The Hall–Kier alpha value is -1.28. The molecule has 0 unspecified atom stereocenters. The van der Waals surface area contributed by atoms with Crippen LogP contribution < -0.4 is 5.73 Å². The van der Waals surface area contributed by atoms with Crippen LogP contribution in [-0.4, -0.2) is 6.54 Å². The van der Waals surface area contributed by atoms with Crippen LogP contribution in [0.5, 0.6) is 0 Å². The molecule has 0 spiro atoms. The van der Waals surface area contributed by atoms with Crippen LogP contribution in [0.4, 0.5) is 0 Å². The lowest BCUT2D eigenvalue weighted by atomic mass is 10.0. The molecule has 1 aromatic carbocycles. The van der Waals surface area contributed by atoms with Crippen LogP contribution in [0.25, 0.3) is 11.0 Å². The van der Waals surface area contributed by atoms with Crippen molar-refractivity contribution in [3.05, 3.63) is 35.6 Å². The van der Waals surface area contributed by atoms with Crippen LogP contribution in [0.1, 0.15) is 24.0 Å². The molecule has 2 nitrogen and oxygen atoms in total. The average Bonchev–Trinajstić information content (AvgIpc) is 2.65. The maximum Gasteiger partial charge on any atom is 0.134 e. The van der Waals surface area contributed by atoms with E-state index >= 15 is 0 Å². The number of fused-ring (bicyclic) bond motifs is 1. The van der Waals surface area contributed by atoms with E-state index in [4.69, 9.17) is 10.2 Å². The molecule has 1 aromatic heterocycles. The van der Waals surface area contributed by atoms with Crippen molar-refractivity contribution < 1.29 is 4.42 Å². The van der Waals surface area contributed by atoms with Crippen molar-refractivity contribution in [1.29, 1.82) is 0 Å². The molecule has 0 aliphatic rings. The molecule has 0 saturated carbocycles. The third-order valence-electron chi connectivity index (χ3n) is 2.81. The second kappa shape index (κ2) is 4.49. The average molecular weight is 203 g/mol. The summed E-state index contributed by atoms with van der Waals surface area (Å²) in [7, 11) is 0. The lowest BCUT2D eigenvalue weighted by molar-refractivity contribution is 0.615. The highest BCUT2D eigenvalue weighted by Crippen LogP contribution is 2.21. The van der Waals surface area contributed by atoms with E-state index in [-0.39, 0.29) is 0 Å². The van der Waals surface area contributed by atoms with E-state index in [1.54, 1.807) is 6.26 Å². The Balaban J connectivity index is 2.22. The lowest BCUT2D eigenvalue weighted by Gasteiger charge is -2.05. The van der Waals surface area contributed by atoms with Crippen molar-refractivity contribution >= 4 is 11.0 Å². The Bertz CT molecular complexity index is 445. The number of nitrogens with two attached hydrogens (primary N) is 1. The molecule has 2 aromatic rings. The van der Waals surface area contributed by atoms with Crippen LogP contribution >= 0.6 is 0 Å². The molecule has 0 aliphatic carbocycles. The second-order valence-corrected chi connectivity index (χ2v) is 3.98. The number of aryl methyl sites for hydroxylation is 2. The molecule has 0 fully saturated rings. The largest absolute Gasteiger partial charge is 0.464 e. The normalized spacial score (nSPS) is 11.1. The molecule has 0 atom stereocenters. The standard InChI is InChI=1S/C13H17NO/c1-10-8-13-12(5-7-15-13)9-11(10)4-2-3-6-14/h5,7-9H,2-4,6,14H2,1H3. The predicted octanol–water partition coefficient (Wildman–Crippen LogP) is 3.02. The Morgan fingerprint density at radius 1 is 1.27 bits per heavy atom. The summed E-state index contributed by atoms with van der Waals surface area (Å²) >= 11 is 0. The van der Waals surface area contributed by atoms with Crippen molar-refractivity contribution in [1.82, 2.24) is 0 Å². The second-order valence-electron chi connectivity index (χ2n) is 3.98. The van der Waals surface area contributed by atoms with Gasteiger partial charge >= 0.3 is 0 Å². The quantitative estimate of drug-likeness (QED) is 0.776. The Morgan fingerprint density at radius 2 is 2.13 bits per heavy atom. The summed E-state index contributed by atoms with van der Waals surface area (Å²) in [5, 5.41) is 1.20. The van der Waals surface area contributed by atoms with Gasteiger partial charge in [-0.05, 0) is 62.1 Å². The summed E-state index contributed by atoms with van der Waals surface area (Å²) in [6, 6.07) is 6.36. The highest BCUT2D eigenvalue weighted by Gasteiger charge is 2.03. The van der Waals surface area contributed by atoms with E-state index in [0.29, 0.717) is 0 Å². The number of hydrogen-bond donors (Lipinski definition) is 1. The molecule has 0 amide bonds. The zero-order valence-corrected chi connectivity index (χ0v) is 9.12. The zero-order chi connectivity index (χ0) is 10.7. The van der Waals surface area contributed by atoms with Gasteiger partial charge in [-0.25, -0.2) is 0 Å². The van der Waals surface area contributed by atoms with E-state index in [2.05, 4.69) is 19.1 Å². The van der Waals surface area contributed by atoms with Crippen LogP contribution in [0.3, 0.4) is 0 Å². The molecule has 15 heavy (non-hydrogen) atoms. The fraction of sp³-hybridized carbons (Fsp3) is 0.385. The Labute approximate surface area is 90.1 Å². The van der Waals surface area contributed by atoms with Gasteiger partial charge in [-0.3, -0.25) is 0 Å². The Kier molecular flexibility index (Phi) is 3.07. The molecule has 0 saturated heterocycles. The van der Waals surface area contributed by atoms with Gasteiger partial charge in [0, 0.05) is 5.39 Å². The van der Waals surface area contributed by atoms with Crippen molar-refractivity contribution in [2.24, 2.45) is 5.73 Å². The number of benzene rings is 1. The van der Waals surface area contributed by atoms with Crippen LogP contribution in [0.15, 0.2) is 28.9 Å². The molecular weight excluding hydrogens is 186 g/mol. The fourth-order valence-electron chi connectivity index (χ4n) is 1.89. The first-order chi connectivity index (χ1) is 7.31. The molecular formula is C13H17NO. The van der Waals surface area contributed by atoms with Gasteiger partial charge in [0.15, 0.2) is 0 Å². The topological polar surface area (TPSA) is 39.2 Å². The van der Waals surface area contributed by atoms with Crippen LogP contribution in [-0.2, 0) is 6.42 Å². The van der Waals surface area contributed by atoms with Gasteiger partial charge in [0.2, 0.25) is 0 Å². The molecule has 2 N–H and O–H groups in total. The minimum absolute atomic E-state index is 0.785. The molecule has 0 bridgehead atoms. The third-order valence-corrected chi connectivity index (χ3v) is 2.81. The summed E-state index contributed by atoms with van der Waals surface area (Å²) in [6.07, 6.45) is 5.13. The van der Waals surface area contributed by atoms with Crippen LogP contribution in [0, 0.1) is 6.92 Å². The van der Waals surface area contributed by atoms with Gasteiger partial charge in [-0.1, -0.05) is 0 Å². The number of furan rings is 1. The maximum absolute atomic E-state index is 5.49. The molecule has 0 aliphatic heterocycles. The highest BCUT2D eigenvalue weighted by molar-refractivity contribution is 5.78. The first kappa shape index (κ1) is 10.2. The van der Waals surface area contributed by atoms with Gasteiger partial charge in [-0.2, -0.15) is 0 Å². The van der Waals surface area contributed by atoms with Crippen molar-refractivity contribution in [3.8, 4) is 0 Å². The van der Waals surface area contributed by atoms with Gasteiger partial charge in [0.1, 0.15) is 5.58 Å². The number of hydrogen-bond acceptors (Lipinski definition) is 2. The SMILES string of the molecule is Cc1cc2occc2cc1CCCCN. The molecule has 2 rings (SSSR count). The van der Waals surface area contributed by atoms with E-state index in [9.17, 15) is 0 Å². The van der Waals surface area contributed by atoms with Gasteiger partial charge < -0.3 is 10.2 Å². The molecule has 1 heterocycles. The smallest absolute Gasteiger partial charge is 0.134 e. The van der Waals surface area contributed by atoms with E-state index < -0.39 is 0 Å². The molecule has 0 radical (unpaired) electrons. The van der Waals surface area contributed by atoms with Crippen LogP contribution in [0.2, 0.25) is 0 Å². The number of unbranched alkanes of at least 4 members (excludes halogenated alkanes) is 1. The first-order valence-corrected chi connectivity index (χ1v) is 5.48. The van der Waals surface area contributed by atoms with E-state index in [1.165, 1.54) is 22.9 Å². The third kappa shape index (κ3) is 2.21. The lowest BCUT2D eigenvalue weighted by Crippen LogP contribution is -1.99. The number of rotatable bonds is 4. The van der Waals surface area contributed by atoms with E-state index in [1.807, 2.05) is 6.07 Å². The van der Waals surface area contributed by atoms with Gasteiger partial charge in [0.05, 0.1) is 6.26 Å². The molecule has 2 heteroatoms. The van der Waals surface area contributed by atoms with Crippen molar-refractivity contribution in [2.45, 2.75) is 26.2 Å². The van der Waals surface area contributed by atoms with E-state index in [0.717, 1.165) is 25.0 Å².